The zero-order chi connectivity index (χ0) is 15.3. The van der Waals surface area contributed by atoms with Crippen molar-refractivity contribution in [2.45, 2.75) is 80.6 Å². The van der Waals surface area contributed by atoms with Crippen molar-refractivity contribution in [3.63, 3.8) is 0 Å². The second-order valence-corrected chi connectivity index (χ2v) is 11.0. The third-order valence-corrected chi connectivity index (χ3v) is 12.0. The Morgan fingerprint density at radius 2 is 1.62 bits per heavy atom. The standard InChI is InChI=1S/C21H34/c1-13(2)18(6)16(4)12-20(18)9-8-15-11-21(20)10-14(3)17(15,5)19(16,21)7/h13-15H,8-12H2,1-7H3. The van der Waals surface area contributed by atoms with Gasteiger partial charge in [-0.05, 0) is 82.3 Å². The molecule has 0 aromatic rings. The molecule has 8 atom stereocenters. The SMILES string of the molecule is CC1CC23CC4CCC25CC(C)(C5(C)C(C)C)C3(C)C14C. The number of fused-ring (bicyclic) bond motifs is 2. The minimum absolute atomic E-state index is 0.585. The van der Waals surface area contributed by atoms with Gasteiger partial charge in [0.25, 0.3) is 0 Å². The molecule has 0 N–H and O–H groups in total. The Labute approximate surface area is 131 Å². The van der Waals surface area contributed by atoms with Gasteiger partial charge in [0.1, 0.15) is 0 Å². The summed E-state index contributed by atoms with van der Waals surface area (Å²) >= 11 is 0. The summed E-state index contributed by atoms with van der Waals surface area (Å²) in [5.41, 5.74) is 3.78. The molecule has 8 unspecified atom stereocenters. The van der Waals surface area contributed by atoms with E-state index in [2.05, 4.69) is 48.5 Å². The van der Waals surface area contributed by atoms with Gasteiger partial charge in [-0.3, -0.25) is 0 Å². The molecule has 0 saturated heterocycles. The first-order chi connectivity index (χ1) is 9.59. The number of hydrogen-bond donors (Lipinski definition) is 0. The van der Waals surface area contributed by atoms with Crippen molar-refractivity contribution in [1.82, 2.24) is 0 Å². The predicted molar refractivity (Wildman–Crippen MR) is 87.9 cm³/mol. The highest BCUT2D eigenvalue weighted by atomic mass is 15.0. The average Bonchev–Trinajstić information content (AvgIpc) is 2.83. The van der Waals surface area contributed by atoms with Crippen molar-refractivity contribution in [2.24, 2.45) is 50.2 Å². The van der Waals surface area contributed by atoms with Gasteiger partial charge in [0, 0.05) is 0 Å². The maximum atomic E-state index is 2.78. The summed E-state index contributed by atoms with van der Waals surface area (Å²) in [6.45, 7) is 18.6. The topological polar surface area (TPSA) is 0 Å². The molecule has 118 valence electrons. The fourth-order valence-electron chi connectivity index (χ4n) is 11.0. The first kappa shape index (κ1) is 13.4. The van der Waals surface area contributed by atoms with E-state index in [4.69, 9.17) is 0 Å². The molecule has 2 spiro atoms. The second kappa shape index (κ2) is 2.89. The average molecular weight is 287 g/mol. The molecule has 6 saturated carbocycles. The Morgan fingerprint density at radius 3 is 2.24 bits per heavy atom. The molecule has 0 amide bonds. The molecule has 5 bridgehead atoms. The van der Waals surface area contributed by atoms with Crippen molar-refractivity contribution >= 4 is 0 Å². The highest BCUT2D eigenvalue weighted by Crippen LogP contribution is 3.04. The lowest BCUT2D eigenvalue weighted by atomic mass is 9.30. The summed E-state index contributed by atoms with van der Waals surface area (Å²) in [4.78, 5) is 0. The number of hydrogen-bond acceptors (Lipinski definition) is 0. The van der Waals surface area contributed by atoms with Crippen LogP contribution >= 0.6 is 0 Å². The van der Waals surface area contributed by atoms with Crippen molar-refractivity contribution in [3.05, 3.63) is 0 Å². The monoisotopic (exact) mass is 286 g/mol. The Hall–Kier alpha value is 0. The summed E-state index contributed by atoms with van der Waals surface area (Å²) < 4.78 is 0. The molecule has 21 heavy (non-hydrogen) atoms. The van der Waals surface area contributed by atoms with Crippen LogP contribution in [0.3, 0.4) is 0 Å². The fourth-order valence-corrected chi connectivity index (χ4v) is 11.0. The van der Waals surface area contributed by atoms with E-state index in [9.17, 15) is 0 Å². The molecule has 0 heteroatoms. The Morgan fingerprint density at radius 1 is 0.952 bits per heavy atom. The van der Waals surface area contributed by atoms with Crippen LogP contribution < -0.4 is 0 Å². The molecule has 0 aliphatic heterocycles. The van der Waals surface area contributed by atoms with Crippen LogP contribution in [0.15, 0.2) is 0 Å². The normalized spacial score (nSPS) is 73.1. The lowest BCUT2D eigenvalue weighted by Crippen LogP contribution is -2.67. The van der Waals surface area contributed by atoms with Crippen LogP contribution in [0.25, 0.3) is 0 Å². The van der Waals surface area contributed by atoms with Crippen molar-refractivity contribution < 1.29 is 0 Å². The zero-order valence-electron chi connectivity index (χ0n) is 15.3. The zero-order valence-corrected chi connectivity index (χ0v) is 15.3. The van der Waals surface area contributed by atoms with Crippen LogP contribution in [-0.4, -0.2) is 0 Å². The highest BCUT2D eigenvalue weighted by molar-refractivity contribution is 5.46. The Balaban J connectivity index is 1.88. The van der Waals surface area contributed by atoms with Crippen LogP contribution in [0, 0.1) is 50.2 Å². The van der Waals surface area contributed by atoms with Gasteiger partial charge in [-0.25, -0.2) is 0 Å². The molecule has 6 aliphatic carbocycles. The van der Waals surface area contributed by atoms with E-state index in [1.807, 2.05) is 0 Å². The van der Waals surface area contributed by atoms with E-state index in [1.54, 1.807) is 25.7 Å². The van der Waals surface area contributed by atoms with Gasteiger partial charge in [-0.1, -0.05) is 48.5 Å². The molecular weight excluding hydrogens is 252 g/mol. The summed E-state index contributed by atoms with van der Waals surface area (Å²) in [5, 5.41) is 0. The van der Waals surface area contributed by atoms with Crippen molar-refractivity contribution in [3.8, 4) is 0 Å². The van der Waals surface area contributed by atoms with E-state index in [-0.39, 0.29) is 0 Å². The lowest BCUT2D eigenvalue weighted by molar-refractivity contribution is -0.258. The van der Waals surface area contributed by atoms with Gasteiger partial charge >= 0.3 is 0 Å². The Bertz CT molecular complexity index is 558. The van der Waals surface area contributed by atoms with Gasteiger partial charge in [-0.15, -0.1) is 0 Å². The fraction of sp³-hybridized carbons (Fsp3) is 1.00. The lowest BCUT2D eigenvalue weighted by Gasteiger charge is -2.74. The summed E-state index contributed by atoms with van der Waals surface area (Å²) in [7, 11) is 0. The Kier molecular flexibility index (Phi) is 1.85. The van der Waals surface area contributed by atoms with Crippen LogP contribution in [0.4, 0.5) is 0 Å². The molecule has 0 aromatic carbocycles. The van der Waals surface area contributed by atoms with Crippen LogP contribution in [0.5, 0.6) is 0 Å². The largest absolute Gasteiger partial charge is 0.0622 e. The first-order valence-corrected chi connectivity index (χ1v) is 9.59. The van der Waals surface area contributed by atoms with E-state index >= 15 is 0 Å². The molecule has 0 radical (unpaired) electrons. The third kappa shape index (κ3) is 0.733. The van der Waals surface area contributed by atoms with Crippen LogP contribution in [-0.2, 0) is 0 Å². The van der Waals surface area contributed by atoms with Crippen LogP contribution in [0.1, 0.15) is 80.6 Å². The molecule has 6 rings (SSSR count). The third-order valence-electron chi connectivity index (χ3n) is 12.0. The maximum absolute atomic E-state index is 2.78. The number of rotatable bonds is 1. The van der Waals surface area contributed by atoms with Gasteiger partial charge < -0.3 is 0 Å². The van der Waals surface area contributed by atoms with Gasteiger partial charge in [0.2, 0.25) is 0 Å². The summed E-state index contributed by atoms with van der Waals surface area (Å²) in [5.74, 6) is 2.83. The molecule has 0 aromatic heterocycles. The molecule has 6 aliphatic rings. The first-order valence-electron chi connectivity index (χ1n) is 9.59. The minimum Gasteiger partial charge on any atom is -0.0622 e. The van der Waals surface area contributed by atoms with Crippen LogP contribution in [0.2, 0.25) is 0 Å². The van der Waals surface area contributed by atoms with Crippen molar-refractivity contribution in [2.75, 3.05) is 0 Å². The maximum Gasteiger partial charge on any atom is -0.0145 e. The quantitative estimate of drug-likeness (QED) is 0.562. The molecular formula is C21H34. The van der Waals surface area contributed by atoms with Gasteiger partial charge in [0.15, 0.2) is 0 Å². The smallest absolute Gasteiger partial charge is 0.0145 e. The predicted octanol–water partition coefficient (Wildman–Crippen LogP) is 5.91. The highest BCUT2D eigenvalue weighted by Gasteiger charge is 2.98. The van der Waals surface area contributed by atoms with E-state index < -0.39 is 0 Å². The van der Waals surface area contributed by atoms with E-state index in [0.29, 0.717) is 32.5 Å². The van der Waals surface area contributed by atoms with E-state index in [0.717, 1.165) is 17.8 Å². The second-order valence-electron chi connectivity index (χ2n) is 11.0. The van der Waals surface area contributed by atoms with Gasteiger partial charge in [0.05, 0.1) is 0 Å². The summed E-state index contributed by atoms with van der Waals surface area (Å²) in [6, 6.07) is 0. The molecule has 0 heterocycles. The minimum atomic E-state index is 0.585. The van der Waals surface area contributed by atoms with Crippen molar-refractivity contribution in [1.29, 1.82) is 0 Å². The summed E-state index contributed by atoms with van der Waals surface area (Å²) in [6.07, 6.45) is 7.78. The van der Waals surface area contributed by atoms with E-state index in [1.165, 1.54) is 6.42 Å². The molecule has 0 nitrogen and oxygen atoms in total. The molecule has 6 fully saturated rings. The van der Waals surface area contributed by atoms with Gasteiger partial charge in [-0.2, -0.15) is 0 Å².